The fourth-order valence-corrected chi connectivity index (χ4v) is 6.32. The van der Waals surface area contributed by atoms with E-state index in [0.717, 1.165) is 19.4 Å². The third kappa shape index (κ3) is 5.06. The third-order valence-electron chi connectivity index (χ3n) is 8.27. The molecule has 2 bridgehead atoms. The maximum atomic E-state index is 14.7. The minimum absolute atomic E-state index is 0.0334. The number of hydrogen-bond acceptors (Lipinski definition) is 7. The SMILES string of the molecule is COc1cc2ncnc(Nc3ccc(Cl)c(Cl)c3F)c2cc1OC1C2CC1CN(C(=O)/C=C/C1CCCN1C)C2. The van der Waals surface area contributed by atoms with E-state index >= 15 is 0 Å². The number of likely N-dealkylation sites (tertiary alicyclic amines) is 1. The molecule has 0 radical (unpaired) electrons. The van der Waals surface area contributed by atoms with Crippen molar-refractivity contribution < 1.29 is 18.7 Å². The Balaban J connectivity index is 1.19. The van der Waals surface area contributed by atoms with Crippen molar-refractivity contribution in [3.63, 3.8) is 0 Å². The second-order valence-corrected chi connectivity index (χ2v) is 11.5. The molecule has 40 heavy (non-hydrogen) atoms. The zero-order valence-corrected chi connectivity index (χ0v) is 23.8. The van der Waals surface area contributed by atoms with E-state index in [1.165, 1.54) is 24.9 Å². The van der Waals surface area contributed by atoms with Crippen molar-refractivity contribution in [1.82, 2.24) is 19.8 Å². The van der Waals surface area contributed by atoms with E-state index in [1.807, 2.05) is 17.0 Å². The topological polar surface area (TPSA) is 79.8 Å². The van der Waals surface area contributed by atoms with Crippen LogP contribution in [-0.2, 0) is 4.79 Å². The number of carbonyl (C=O) groups excluding carboxylic acids is 1. The van der Waals surface area contributed by atoms with E-state index in [4.69, 9.17) is 32.7 Å². The van der Waals surface area contributed by atoms with Crippen molar-refractivity contribution in [3.05, 3.63) is 58.6 Å². The summed E-state index contributed by atoms with van der Waals surface area (Å²) in [5, 5.41) is 3.60. The van der Waals surface area contributed by atoms with Gasteiger partial charge in [-0.1, -0.05) is 29.3 Å². The lowest BCUT2D eigenvalue weighted by atomic mass is 9.68. The summed E-state index contributed by atoms with van der Waals surface area (Å²) in [6.45, 7) is 2.39. The van der Waals surface area contributed by atoms with Crippen LogP contribution in [0.15, 0.2) is 42.7 Å². The van der Waals surface area contributed by atoms with Gasteiger partial charge >= 0.3 is 0 Å². The lowest BCUT2D eigenvalue weighted by Crippen LogP contribution is -2.61. The molecule has 210 valence electrons. The Morgan fingerprint density at radius 2 is 1.98 bits per heavy atom. The van der Waals surface area contributed by atoms with Gasteiger partial charge in [-0.2, -0.15) is 0 Å². The van der Waals surface area contributed by atoms with Crippen molar-refractivity contribution in [3.8, 4) is 11.5 Å². The lowest BCUT2D eigenvalue weighted by Gasteiger charge is -2.52. The largest absolute Gasteiger partial charge is 0.493 e. The van der Waals surface area contributed by atoms with E-state index < -0.39 is 5.82 Å². The van der Waals surface area contributed by atoms with Gasteiger partial charge in [0, 0.05) is 48.5 Å². The minimum atomic E-state index is -0.669. The minimum Gasteiger partial charge on any atom is -0.493 e. The number of likely N-dealkylation sites (N-methyl/N-ethyl adjacent to an activating group) is 1. The van der Waals surface area contributed by atoms with Crippen LogP contribution in [0.5, 0.6) is 11.5 Å². The van der Waals surface area contributed by atoms with Gasteiger partial charge in [-0.3, -0.25) is 9.69 Å². The highest BCUT2D eigenvalue weighted by molar-refractivity contribution is 6.42. The molecular weight excluding hydrogens is 556 g/mol. The Bertz CT molecular complexity index is 1480. The number of rotatable bonds is 7. The van der Waals surface area contributed by atoms with Crippen molar-refractivity contribution in [1.29, 1.82) is 0 Å². The Labute approximate surface area is 242 Å². The number of nitrogens with one attached hydrogen (secondary N) is 1. The quantitative estimate of drug-likeness (QED) is 0.281. The summed E-state index contributed by atoms with van der Waals surface area (Å²) in [5.74, 6) is 1.35. The summed E-state index contributed by atoms with van der Waals surface area (Å²) < 4.78 is 26.9. The molecular formula is C29H30Cl2FN5O3. The molecule has 3 atom stereocenters. The van der Waals surface area contributed by atoms with E-state index in [-0.39, 0.29) is 39.6 Å². The molecule has 4 heterocycles. The molecule has 3 saturated heterocycles. The molecule has 1 aromatic heterocycles. The van der Waals surface area contributed by atoms with Crippen molar-refractivity contribution >= 4 is 51.5 Å². The lowest BCUT2D eigenvalue weighted by molar-refractivity contribution is -0.142. The molecule has 1 N–H and O–H groups in total. The maximum absolute atomic E-state index is 14.7. The highest BCUT2D eigenvalue weighted by Crippen LogP contribution is 2.45. The summed E-state index contributed by atoms with van der Waals surface area (Å²) in [4.78, 5) is 25.8. The van der Waals surface area contributed by atoms with Crippen molar-refractivity contribution in [2.75, 3.05) is 39.1 Å². The second-order valence-electron chi connectivity index (χ2n) is 10.7. The van der Waals surface area contributed by atoms with E-state index in [9.17, 15) is 9.18 Å². The number of hydrogen-bond donors (Lipinski definition) is 1. The molecule has 1 saturated carbocycles. The average molecular weight is 586 g/mol. The summed E-state index contributed by atoms with van der Waals surface area (Å²) in [7, 11) is 3.68. The molecule has 7 rings (SSSR count). The number of benzene rings is 2. The highest BCUT2D eigenvalue weighted by Gasteiger charge is 2.49. The Morgan fingerprint density at radius 1 is 1.18 bits per heavy atom. The van der Waals surface area contributed by atoms with Crippen LogP contribution in [0, 0.1) is 17.7 Å². The number of piperidine rings is 2. The van der Waals surface area contributed by atoms with Gasteiger partial charge in [0.1, 0.15) is 18.2 Å². The first-order valence-corrected chi connectivity index (χ1v) is 14.1. The van der Waals surface area contributed by atoms with Gasteiger partial charge in [0.2, 0.25) is 5.91 Å². The summed E-state index contributed by atoms with van der Waals surface area (Å²) in [6, 6.07) is 6.95. The van der Waals surface area contributed by atoms with Crippen molar-refractivity contribution in [2.24, 2.45) is 11.8 Å². The first-order chi connectivity index (χ1) is 19.3. The fraction of sp³-hybridized carbons (Fsp3) is 0.414. The van der Waals surface area contributed by atoms with Gasteiger partial charge in [-0.15, -0.1) is 0 Å². The number of carbonyl (C=O) groups is 1. The van der Waals surface area contributed by atoms with Gasteiger partial charge in [0.05, 0.1) is 28.4 Å². The fourth-order valence-electron chi connectivity index (χ4n) is 6.01. The van der Waals surface area contributed by atoms with Crippen LogP contribution in [0.4, 0.5) is 15.9 Å². The zero-order valence-electron chi connectivity index (χ0n) is 22.2. The molecule has 11 heteroatoms. The number of fused-ring (bicyclic) bond motifs is 3. The third-order valence-corrected chi connectivity index (χ3v) is 9.05. The van der Waals surface area contributed by atoms with E-state index in [2.05, 4.69) is 27.2 Å². The molecule has 3 aliphatic heterocycles. The number of methoxy groups -OCH3 is 1. The van der Waals surface area contributed by atoms with Gasteiger partial charge in [0.15, 0.2) is 17.3 Å². The van der Waals surface area contributed by atoms with Crippen LogP contribution in [0.1, 0.15) is 19.3 Å². The molecule has 3 aromatic rings. The van der Waals surface area contributed by atoms with Crippen molar-refractivity contribution in [2.45, 2.75) is 31.4 Å². The molecule has 8 nitrogen and oxygen atoms in total. The Morgan fingerprint density at radius 3 is 2.70 bits per heavy atom. The van der Waals surface area contributed by atoms with Gasteiger partial charge in [-0.05, 0) is 51.1 Å². The molecule has 4 fully saturated rings. The number of amides is 1. The molecule has 1 aliphatic carbocycles. The monoisotopic (exact) mass is 585 g/mol. The number of aromatic nitrogens is 2. The number of ether oxygens (including phenoxy) is 2. The van der Waals surface area contributed by atoms with Crippen LogP contribution >= 0.6 is 23.2 Å². The maximum Gasteiger partial charge on any atom is 0.246 e. The summed E-state index contributed by atoms with van der Waals surface area (Å²) in [6.07, 6.45) is 8.42. The first-order valence-electron chi connectivity index (χ1n) is 13.4. The molecule has 4 aliphatic rings. The average Bonchev–Trinajstić information content (AvgIpc) is 3.38. The van der Waals surface area contributed by atoms with Crippen LogP contribution in [-0.4, -0.2) is 71.6 Å². The number of halogens is 3. The van der Waals surface area contributed by atoms with Crippen LogP contribution in [0.2, 0.25) is 10.0 Å². The van der Waals surface area contributed by atoms with Gasteiger partial charge in [-0.25, -0.2) is 14.4 Å². The first kappa shape index (κ1) is 27.1. The van der Waals surface area contributed by atoms with Gasteiger partial charge < -0.3 is 19.7 Å². The smallest absolute Gasteiger partial charge is 0.246 e. The highest BCUT2D eigenvalue weighted by atomic mass is 35.5. The Kier molecular flexibility index (Phi) is 7.46. The van der Waals surface area contributed by atoms with Gasteiger partial charge in [0.25, 0.3) is 0 Å². The number of nitrogens with zero attached hydrogens (tertiary/aromatic N) is 4. The standard InChI is InChI=1S/C29H30Cl2FN5O3/c1-36-9-3-4-18(36)5-8-25(38)37-13-16-10-17(14-37)28(16)40-24-11-19-22(12-23(24)39-2)33-15-34-29(19)35-21-7-6-20(30)26(31)27(21)32/h5-8,11-12,15-18,28H,3-4,9-10,13-14H2,1-2H3,(H,33,34,35)/b8-5+. The second kappa shape index (κ2) is 11.0. The normalized spacial score (nSPS) is 24.4. The predicted octanol–water partition coefficient (Wildman–Crippen LogP) is 5.70. The zero-order chi connectivity index (χ0) is 28.0. The molecule has 1 amide bonds. The molecule has 2 aromatic carbocycles. The Hall–Kier alpha value is -3.14. The van der Waals surface area contributed by atoms with E-state index in [1.54, 1.807) is 19.3 Å². The summed E-state index contributed by atoms with van der Waals surface area (Å²) >= 11 is 11.9. The van der Waals surface area contributed by atoms with Crippen LogP contribution < -0.4 is 14.8 Å². The predicted molar refractivity (Wildman–Crippen MR) is 153 cm³/mol. The van der Waals surface area contributed by atoms with Crippen LogP contribution in [0.25, 0.3) is 10.9 Å². The van der Waals surface area contributed by atoms with E-state index in [0.29, 0.717) is 47.4 Å². The van der Waals surface area contributed by atoms with Crippen LogP contribution in [0.3, 0.4) is 0 Å². The number of anilines is 2. The molecule has 0 spiro atoms. The summed E-state index contributed by atoms with van der Waals surface area (Å²) in [5.41, 5.74) is 0.743. The molecule has 3 unspecified atom stereocenters.